The smallest absolute Gasteiger partial charge is 0.229 e. The standard InChI is InChI=1S/C19H25NO4/c1-22-16-5-4-14-10-15(12-23-17(14)11-16)18(21)20-8-9-24-19(13-20)6-2-3-7-19/h4-5,11,15H,2-3,6-10,12-13H2,1H3/t15-/m1/s1. The molecule has 1 aliphatic carbocycles. The minimum atomic E-state index is -0.0950. The Morgan fingerprint density at radius 2 is 2.17 bits per heavy atom. The predicted molar refractivity (Wildman–Crippen MR) is 89.4 cm³/mol. The first-order valence-corrected chi connectivity index (χ1v) is 8.92. The lowest BCUT2D eigenvalue weighted by Gasteiger charge is -2.42. The van der Waals surface area contributed by atoms with Crippen LogP contribution in [0.1, 0.15) is 31.2 Å². The molecule has 1 saturated heterocycles. The molecule has 0 N–H and O–H groups in total. The molecule has 0 aromatic heterocycles. The summed E-state index contributed by atoms with van der Waals surface area (Å²) in [7, 11) is 1.65. The Morgan fingerprint density at radius 1 is 1.33 bits per heavy atom. The highest BCUT2D eigenvalue weighted by Gasteiger charge is 2.42. The Labute approximate surface area is 142 Å². The normalized spacial score (nSPS) is 25.2. The second-order valence-electron chi connectivity index (χ2n) is 7.18. The van der Waals surface area contributed by atoms with E-state index in [1.807, 2.05) is 23.1 Å². The molecule has 1 amide bonds. The first-order chi connectivity index (χ1) is 11.7. The summed E-state index contributed by atoms with van der Waals surface area (Å²) in [6.07, 6.45) is 5.33. The fraction of sp³-hybridized carbons (Fsp3) is 0.632. The van der Waals surface area contributed by atoms with E-state index in [4.69, 9.17) is 14.2 Å². The highest BCUT2D eigenvalue weighted by Crippen LogP contribution is 2.37. The summed E-state index contributed by atoms with van der Waals surface area (Å²) >= 11 is 0. The number of hydrogen-bond donors (Lipinski definition) is 0. The number of benzene rings is 1. The molecular formula is C19H25NO4. The van der Waals surface area contributed by atoms with Gasteiger partial charge in [0.05, 0.1) is 25.2 Å². The molecular weight excluding hydrogens is 306 g/mol. The van der Waals surface area contributed by atoms with Crippen LogP contribution in [-0.2, 0) is 16.0 Å². The van der Waals surface area contributed by atoms with Crippen LogP contribution in [-0.4, -0.2) is 49.8 Å². The van der Waals surface area contributed by atoms with Gasteiger partial charge in [0, 0.05) is 19.2 Å². The topological polar surface area (TPSA) is 48.0 Å². The van der Waals surface area contributed by atoms with Crippen molar-refractivity contribution in [3.63, 3.8) is 0 Å². The highest BCUT2D eigenvalue weighted by molar-refractivity contribution is 5.80. The third-order valence-electron chi connectivity index (χ3n) is 5.60. The van der Waals surface area contributed by atoms with E-state index in [9.17, 15) is 4.79 Å². The van der Waals surface area contributed by atoms with E-state index >= 15 is 0 Å². The summed E-state index contributed by atoms with van der Waals surface area (Å²) in [5, 5.41) is 0. The maximum absolute atomic E-state index is 13.0. The molecule has 130 valence electrons. The third kappa shape index (κ3) is 2.86. The number of carbonyl (C=O) groups is 1. The van der Waals surface area contributed by atoms with E-state index in [1.54, 1.807) is 7.11 Å². The molecule has 1 atom stereocenters. The number of fused-ring (bicyclic) bond motifs is 1. The SMILES string of the molecule is COc1ccc2c(c1)OC[C@H](C(=O)N1CCOC3(CCCC3)C1)C2. The Bertz CT molecular complexity index is 624. The summed E-state index contributed by atoms with van der Waals surface area (Å²) in [5.74, 6) is 1.75. The third-order valence-corrected chi connectivity index (χ3v) is 5.60. The van der Waals surface area contributed by atoms with Gasteiger partial charge in [0.1, 0.15) is 18.1 Å². The van der Waals surface area contributed by atoms with Crippen LogP contribution in [0, 0.1) is 5.92 Å². The molecule has 24 heavy (non-hydrogen) atoms. The van der Waals surface area contributed by atoms with Gasteiger partial charge in [0.15, 0.2) is 0 Å². The monoisotopic (exact) mass is 331 g/mol. The van der Waals surface area contributed by atoms with Gasteiger partial charge in [-0.15, -0.1) is 0 Å². The molecule has 5 heteroatoms. The van der Waals surface area contributed by atoms with Crippen LogP contribution in [0.5, 0.6) is 11.5 Å². The number of hydrogen-bond acceptors (Lipinski definition) is 4. The van der Waals surface area contributed by atoms with Crippen LogP contribution >= 0.6 is 0 Å². The number of morpholine rings is 1. The van der Waals surface area contributed by atoms with Crippen LogP contribution in [0.15, 0.2) is 18.2 Å². The number of nitrogens with zero attached hydrogens (tertiary/aromatic N) is 1. The summed E-state index contributed by atoms with van der Waals surface area (Å²) in [4.78, 5) is 15.0. The number of carbonyl (C=O) groups excluding carboxylic acids is 1. The van der Waals surface area contributed by atoms with E-state index in [-0.39, 0.29) is 17.4 Å². The Kier molecular flexibility index (Phi) is 4.12. The molecule has 3 aliphatic rings. The fourth-order valence-corrected chi connectivity index (χ4v) is 4.25. The van der Waals surface area contributed by atoms with Crippen LogP contribution < -0.4 is 9.47 Å². The fourth-order valence-electron chi connectivity index (χ4n) is 4.25. The lowest BCUT2D eigenvalue weighted by molar-refractivity contribution is -0.154. The van der Waals surface area contributed by atoms with E-state index in [0.717, 1.165) is 42.9 Å². The van der Waals surface area contributed by atoms with Crippen molar-refractivity contribution in [3.8, 4) is 11.5 Å². The van der Waals surface area contributed by atoms with Crippen molar-refractivity contribution in [3.05, 3.63) is 23.8 Å². The molecule has 2 fully saturated rings. The number of amides is 1. The second kappa shape index (κ2) is 6.28. The van der Waals surface area contributed by atoms with Gasteiger partial charge in [-0.25, -0.2) is 0 Å². The maximum atomic E-state index is 13.0. The lowest BCUT2D eigenvalue weighted by atomic mass is 9.93. The summed E-state index contributed by atoms with van der Waals surface area (Å²) in [6.45, 7) is 2.56. The zero-order chi connectivity index (χ0) is 16.6. The molecule has 1 aromatic carbocycles. The van der Waals surface area contributed by atoms with Gasteiger partial charge < -0.3 is 19.1 Å². The van der Waals surface area contributed by atoms with E-state index in [0.29, 0.717) is 19.8 Å². The quantitative estimate of drug-likeness (QED) is 0.835. The number of ether oxygens (including phenoxy) is 3. The van der Waals surface area contributed by atoms with Crippen molar-refractivity contribution in [1.29, 1.82) is 0 Å². The zero-order valence-corrected chi connectivity index (χ0v) is 14.3. The molecule has 2 aliphatic heterocycles. The van der Waals surface area contributed by atoms with Gasteiger partial charge in [-0.2, -0.15) is 0 Å². The largest absolute Gasteiger partial charge is 0.497 e. The van der Waals surface area contributed by atoms with Crippen LogP contribution in [0.2, 0.25) is 0 Å². The van der Waals surface area contributed by atoms with E-state index < -0.39 is 0 Å². The molecule has 4 rings (SSSR count). The van der Waals surface area contributed by atoms with Crippen LogP contribution in [0.25, 0.3) is 0 Å². The average Bonchev–Trinajstić information content (AvgIpc) is 3.07. The van der Waals surface area contributed by atoms with E-state index in [1.165, 1.54) is 12.8 Å². The first kappa shape index (κ1) is 15.8. The zero-order valence-electron chi connectivity index (χ0n) is 14.3. The molecule has 2 heterocycles. The average molecular weight is 331 g/mol. The van der Waals surface area contributed by atoms with Gasteiger partial charge in [-0.05, 0) is 30.9 Å². The molecule has 1 saturated carbocycles. The summed E-state index contributed by atoms with van der Waals surface area (Å²) < 4.78 is 17.1. The van der Waals surface area contributed by atoms with E-state index in [2.05, 4.69) is 0 Å². The Balaban J connectivity index is 1.45. The molecule has 5 nitrogen and oxygen atoms in total. The van der Waals surface area contributed by atoms with Crippen LogP contribution in [0.4, 0.5) is 0 Å². The minimum absolute atomic E-state index is 0.0747. The van der Waals surface area contributed by atoms with Crippen molar-refractivity contribution in [2.45, 2.75) is 37.7 Å². The number of rotatable bonds is 2. The van der Waals surface area contributed by atoms with Crippen LogP contribution in [0.3, 0.4) is 0 Å². The van der Waals surface area contributed by atoms with Crippen molar-refractivity contribution in [2.24, 2.45) is 5.92 Å². The molecule has 0 unspecified atom stereocenters. The molecule has 0 bridgehead atoms. The summed E-state index contributed by atoms with van der Waals surface area (Å²) in [6, 6.07) is 5.83. The van der Waals surface area contributed by atoms with Crippen molar-refractivity contribution in [2.75, 3.05) is 33.4 Å². The predicted octanol–water partition coefficient (Wildman–Crippen LogP) is 2.42. The molecule has 0 radical (unpaired) electrons. The van der Waals surface area contributed by atoms with Crippen molar-refractivity contribution < 1.29 is 19.0 Å². The highest BCUT2D eigenvalue weighted by atomic mass is 16.5. The Hall–Kier alpha value is -1.75. The molecule has 1 aromatic rings. The van der Waals surface area contributed by atoms with Gasteiger partial charge in [-0.3, -0.25) is 4.79 Å². The Morgan fingerprint density at radius 3 is 2.96 bits per heavy atom. The van der Waals surface area contributed by atoms with Gasteiger partial charge >= 0.3 is 0 Å². The first-order valence-electron chi connectivity index (χ1n) is 8.92. The van der Waals surface area contributed by atoms with Crippen molar-refractivity contribution in [1.82, 2.24) is 4.90 Å². The van der Waals surface area contributed by atoms with Gasteiger partial charge in [0.2, 0.25) is 5.91 Å². The maximum Gasteiger partial charge on any atom is 0.229 e. The lowest BCUT2D eigenvalue weighted by Crippen LogP contribution is -2.54. The van der Waals surface area contributed by atoms with Gasteiger partial charge in [-0.1, -0.05) is 18.9 Å². The second-order valence-corrected chi connectivity index (χ2v) is 7.18. The summed E-state index contributed by atoms with van der Waals surface area (Å²) in [5.41, 5.74) is 1.01. The van der Waals surface area contributed by atoms with Gasteiger partial charge in [0.25, 0.3) is 0 Å². The van der Waals surface area contributed by atoms with Crippen molar-refractivity contribution >= 4 is 5.91 Å². The molecule has 1 spiro atoms. The number of methoxy groups -OCH3 is 1. The minimum Gasteiger partial charge on any atom is -0.497 e.